The van der Waals surface area contributed by atoms with Crippen LogP contribution in [-0.4, -0.2) is 27.4 Å². The number of thioether (sulfide) groups is 1. The van der Waals surface area contributed by atoms with Gasteiger partial charge in [-0.1, -0.05) is 13.0 Å². The molecule has 0 fully saturated rings. The van der Waals surface area contributed by atoms with E-state index in [-0.39, 0.29) is 30.0 Å². The van der Waals surface area contributed by atoms with Gasteiger partial charge in [0.1, 0.15) is 11.3 Å². The number of halogens is 3. The smallest absolute Gasteiger partial charge is 0.441 e. The van der Waals surface area contributed by atoms with Gasteiger partial charge in [0.15, 0.2) is 0 Å². The molecule has 0 aliphatic rings. The van der Waals surface area contributed by atoms with Gasteiger partial charge in [0, 0.05) is 12.3 Å². The summed E-state index contributed by atoms with van der Waals surface area (Å²) >= 11 is -0.0683. The van der Waals surface area contributed by atoms with E-state index in [0.717, 1.165) is 6.42 Å². The SMILES string of the molecule is CCCOc1cccc2c1nc(N)n2CCSC(F)(F)F. The Morgan fingerprint density at radius 2 is 2.14 bits per heavy atom. The molecule has 21 heavy (non-hydrogen) atoms. The number of ether oxygens (including phenoxy) is 1. The van der Waals surface area contributed by atoms with Gasteiger partial charge in [-0.25, -0.2) is 4.98 Å². The van der Waals surface area contributed by atoms with Gasteiger partial charge in [-0.05, 0) is 30.3 Å². The van der Waals surface area contributed by atoms with E-state index in [4.69, 9.17) is 10.5 Å². The van der Waals surface area contributed by atoms with Crippen LogP contribution in [0.4, 0.5) is 19.1 Å². The average molecular weight is 319 g/mol. The van der Waals surface area contributed by atoms with Crippen molar-refractivity contribution in [2.24, 2.45) is 0 Å². The Hall–Kier alpha value is -1.57. The molecule has 1 aromatic heterocycles. The van der Waals surface area contributed by atoms with Gasteiger partial charge in [0.25, 0.3) is 0 Å². The highest BCUT2D eigenvalue weighted by Crippen LogP contribution is 2.31. The maximum Gasteiger partial charge on any atom is 0.441 e. The van der Waals surface area contributed by atoms with Gasteiger partial charge in [-0.3, -0.25) is 0 Å². The van der Waals surface area contributed by atoms with Crippen LogP contribution in [-0.2, 0) is 6.54 Å². The molecule has 8 heteroatoms. The van der Waals surface area contributed by atoms with Crippen LogP contribution in [0.5, 0.6) is 5.75 Å². The third-order valence-corrected chi connectivity index (χ3v) is 3.53. The van der Waals surface area contributed by atoms with E-state index >= 15 is 0 Å². The summed E-state index contributed by atoms with van der Waals surface area (Å²) < 4.78 is 43.7. The monoisotopic (exact) mass is 319 g/mol. The van der Waals surface area contributed by atoms with Crippen molar-refractivity contribution in [3.05, 3.63) is 18.2 Å². The predicted octanol–water partition coefficient (Wildman–Crippen LogP) is 3.66. The van der Waals surface area contributed by atoms with Crippen LogP contribution < -0.4 is 10.5 Å². The lowest BCUT2D eigenvalue weighted by Crippen LogP contribution is -2.09. The summed E-state index contributed by atoms with van der Waals surface area (Å²) in [5.74, 6) is 0.683. The normalized spacial score (nSPS) is 12.0. The molecule has 0 bridgehead atoms. The highest BCUT2D eigenvalue weighted by atomic mass is 32.2. The number of nitrogen functional groups attached to an aromatic ring is 1. The van der Waals surface area contributed by atoms with Gasteiger partial charge >= 0.3 is 5.51 Å². The molecular formula is C13H16F3N3OS. The van der Waals surface area contributed by atoms with Crippen molar-refractivity contribution < 1.29 is 17.9 Å². The summed E-state index contributed by atoms with van der Waals surface area (Å²) in [6, 6.07) is 5.33. The van der Waals surface area contributed by atoms with Crippen molar-refractivity contribution in [2.45, 2.75) is 25.4 Å². The second-order valence-corrected chi connectivity index (χ2v) is 5.55. The first-order chi connectivity index (χ1) is 9.92. The molecule has 1 heterocycles. The molecule has 0 radical (unpaired) electrons. The maximum absolute atomic E-state index is 12.2. The Morgan fingerprint density at radius 3 is 2.81 bits per heavy atom. The van der Waals surface area contributed by atoms with Gasteiger partial charge in [-0.15, -0.1) is 0 Å². The molecule has 0 aliphatic heterocycles. The van der Waals surface area contributed by atoms with Crippen molar-refractivity contribution in [2.75, 3.05) is 18.1 Å². The molecule has 0 spiro atoms. The topological polar surface area (TPSA) is 53.1 Å². The van der Waals surface area contributed by atoms with Gasteiger partial charge in [0.05, 0.1) is 12.1 Å². The molecule has 2 N–H and O–H groups in total. The van der Waals surface area contributed by atoms with E-state index in [1.54, 1.807) is 22.8 Å². The number of aryl methyl sites for hydroxylation is 1. The Bertz CT molecular complexity index is 612. The fourth-order valence-electron chi connectivity index (χ4n) is 1.96. The van der Waals surface area contributed by atoms with Gasteiger partial charge in [-0.2, -0.15) is 13.2 Å². The Morgan fingerprint density at radius 1 is 1.38 bits per heavy atom. The number of hydrogen-bond donors (Lipinski definition) is 1. The molecule has 2 aromatic rings. The highest BCUT2D eigenvalue weighted by molar-refractivity contribution is 8.00. The summed E-state index contributed by atoms with van der Waals surface area (Å²) in [6.07, 6.45) is 0.856. The largest absolute Gasteiger partial charge is 0.491 e. The van der Waals surface area contributed by atoms with Crippen LogP contribution >= 0.6 is 11.8 Å². The molecule has 0 saturated carbocycles. The summed E-state index contributed by atoms with van der Waals surface area (Å²) in [5, 5.41) is 0. The highest BCUT2D eigenvalue weighted by Gasteiger charge is 2.27. The lowest BCUT2D eigenvalue weighted by atomic mass is 10.3. The minimum Gasteiger partial charge on any atom is -0.491 e. The first-order valence-corrected chi connectivity index (χ1v) is 7.49. The summed E-state index contributed by atoms with van der Waals surface area (Å²) in [7, 11) is 0. The number of rotatable bonds is 6. The molecule has 116 valence electrons. The molecule has 2 rings (SSSR count). The number of hydrogen-bond acceptors (Lipinski definition) is 4. The standard InChI is InChI=1S/C13H16F3N3OS/c1-2-7-20-10-5-3-4-9-11(10)18-12(17)19(9)6-8-21-13(14,15)16/h3-5H,2,6-8H2,1H3,(H2,17,18). The van der Waals surface area contributed by atoms with E-state index in [1.165, 1.54) is 0 Å². The van der Waals surface area contributed by atoms with Crippen LogP contribution in [0.1, 0.15) is 13.3 Å². The van der Waals surface area contributed by atoms with E-state index in [1.807, 2.05) is 6.92 Å². The van der Waals surface area contributed by atoms with E-state index < -0.39 is 5.51 Å². The van der Waals surface area contributed by atoms with Crippen molar-refractivity contribution >= 4 is 28.7 Å². The minimum atomic E-state index is -4.24. The van der Waals surface area contributed by atoms with E-state index in [9.17, 15) is 13.2 Å². The van der Waals surface area contributed by atoms with Gasteiger partial charge < -0.3 is 15.0 Å². The third-order valence-electron chi connectivity index (χ3n) is 2.81. The maximum atomic E-state index is 12.2. The number of benzene rings is 1. The van der Waals surface area contributed by atoms with Crippen LogP contribution in [0.3, 0.4) is 0 Å². The van der Waals surface area contributed by atoms with Crippen LogP contribution in [0, 0.1) is 0 Å². The molecule has 4 nitrogen and oxygen atoms in total. The Labute approximate surface area is 124 Å². The van der Waals surface area contributed by atoms with Crippen molar-refractivity contribution in [1.82, 2.24) is 9.55 Å². The number of para-hydroxylation sites is 1. The molecular weight excluding hydrogens is 303 g/mol. The number of anilines is 1. The summed E-state index contributed by atoms with van der Waals surface area (Å²) in [4.78, 5) is 4.21. The number of alkyl halides is 3. The fourth-order valence-corrected chi connectivity index (χ4v) is 2.46. The van der Waals surface area contributed by atoms with E-state index in [0.29, 0.717) is 23.4 Å². The summed E-state index contributed by atoms with van der Waals surface area (Å²) in [6.45, 7) is 2.68. The zero-order valence-corrected chi connectivity index (χ0v) is 12.3. The lowest BCUT2D eigenvalue weighted by Gasteiger charge is -2.09. The Kier molecular flexibility index (Phi) is 4.87. The van der Waals surface area contributed by atoms with Crippen LogP contribution in [0.25, 0.3) is 11.0 Å². The third kappa shape index (κ3) is 3.96. The van der Waals surface area contributed by atoms with Crippen molar-refractivity contribution in [3.8, 4) is 5.75 Å². The first-order valence-electron chi connectivity index (χ1n) is 6.50. The minimum absolute atomic E-state index is 0.0683. The first kappa shape index (κ1) is 15.8. The second-order valence-electron chi connectivity index (χ2n) is 4.39. The molecule has 0 atom stereocenters. The van der Waals surface area contributed by atoms with Crippen LogP contribution in [0.15, 0.2) is 18.2 Å². The average Bonchev–Trinajstić information content (AvgIpc) is 2.72. The fraction of sp³-hybridized carbons (Fsp3) is 0.462. The van der Waals surface area contributed by atoms with Crippen LogP contribution in [0.2, 0.25) is 0 Å². The lowest BCUT2D eigenvalue weighted by molar-refractivity contribution is -0.0328. The number of aromatic nitrogens is 2. The van der Waals surface area contributed by atoms with Gasteiger partial charge in [0.2, 0.25) is 5.95 Å². The predicted molar refractivity (Wildman–Crippen MR) is 78.4 cm³/mol. The van der Waals surface area contributed by atoms with E-state index in [2.05, 4.69) is 4.98 Å². The van der Waals surface area contributed by atoms with Crippen molar-refractivity contribution in [3.63, 3.8) is 0 Å². The molecule has 1 aromatic carbocycles. The number of nitrogens with zero attached hydrogens (tertiary/aromatic N) is 2. The zero-order valence-electron chi connectivity index (χ0n) is 11.5. The molecule has 0 unspecified atom stereocenters. The van der Waals surface area contributed by atoms with Crippen molar-refractivity contribution in [1.29, 1.82) is 0 Å². The second kappa shape index (κ2) is 6.46. The molecule has 0 amide bonds. The number of fused-ring (bicyclic) bond motifs is 1. The molecule has 0 aliphatic carbocycles. The quantitative estimate of drug-likeness (QED) is 0.883. The molecule has 0 saturated heterocycles. The number of nitrogens with two attached hydrogens (primary N) is 1. The zero-order chi connectivity index (χ0) is 15.5. The number of imidazole rings is 1. The Balaban J connectivity index is 2.22. The summed E-state index contributed by atoms with van der Waals surface area (Å²) in [5.41, 5.74) is 2.84.